The Kier molecular flexibility index (Phi) is 4.59. The lowest BCUT2D eigenvalue weighted by molar-refractivity contribution is 0.569. The van der Waals surface area contributed by atoms with Crippen molar-refractivity contribution in [2.75, 3.05) is 24.5 Å². The van der Waals surface area contributed by atoms with Crippen molar-refractivity contribution in [1.82, 2.24) is 0 Å². The zero-order valence-electron chi connectivity index (χ0n) is 11.2. The van der Waals surface area contributed by atoms with E-state index in [0.29, 0.717) is 12.5 Å². The highest BCUT2D eigenvalue weighted by atomic mass is 19.1. The van der Waals surface area contributed by atoms with Crippen LogP contribution >= 0.6 is 0 Å². The maximum absolute atomic E-state index is 13.5. The first-order valence-electron chi connectivity index (χ1n) is 6.97. The molecule has 0 aromatic heterocycles. The fourth-order valence-corrected chi connectivity index (χ4v) is 2.75. The molecular weight excluding hydrogens is 227 g/mol. The maximum Gasteiger partial charge on any atom is 0.123 e. The number of hydrogen-bond donors (Lipinski definition) is 1. The molecule has 2 nitrogen and oxygen atoms in total. The van der Waals surface area contributed by atoms with Gasteiger partial charge in [-0.2, -0.15) is 0 Å². The zero-order valence-corrected chi connectivity index (χ0v) is 11.2. The molecule has 1 aromatic rings. The van der Waals surface area contributed by atoms with Gasteiger partial charge < -0.3 is 10.6 Å². The highest BCUT2D eigenvalue weighted by molar-refractivity contribution is 5.55. The molecule has 3 heteroatoms. The SMILES string of the molecule is CC(CCN)c1cc(F)ccc1N1CCCCC1. The summed E-state index contributed by atoms with van der Waals surface area (Å²) in [6.07, 6.45) is 4.69. The highest BCUT2D eigenvalue weighted by Gasteiger charge is 2.18. The average molecular weight is 250 g/mol. The quantitative estimate of drug-likeness (QED) is 0.888. The van der Waals surface area contributed by atoms with Gasteiger partial charge in [-0.1, -0.05) is 6.92 Å². The van der Waals surface area contributed by atoms with E-state index in [1.165, 1.54) is 24.9 Å². The average Bonchev–Trinajstić information content (AvgIpc) is 2.40. The van der Waals surface area contributed by atoms with Crippen LogP contribution in [0.5, 0.6) is 0 Å². The van der Waals surface area contributed by atoms with Gasteiger partial charge in [0.25, 0.3) is 0 Å². The maximum atomic E-state index is 13.5. The largest absolute Gasteiger partial charge is 0.371 e. The Balaban J connectivity index is 2.27. The van der Waals surface area contributed by atoms with Gasteiger partial charge in [0, 0.05) is 18.8 Å². The van der Waals surface area contributed by atoms with E-state index in [2.05, 4.69) is 11.8 Å². The third-order valence-corrected chi connectivity index (χ3v) is 3.82. The molecule has 1 aliphatic heterocycles. The minimum Gasteiger partial charge on any atom is -0.371 e. The monoisotopic (exact) mass is 250 g/mol. The third kappa shape index (κ3) is 3.02. The second-order valence-corrected chi connectivity index (χ2v) is 5.23. The van der Waals surface area contributed by atoms with Crippen LogP contribution in [-0.4, -0.2) is 19.6 Å². The van der Waals surface area contributed by atoms with Crippen molar-refractivity contribution in [1.29, 1.82) is 0 Å². The predicted molar refractivity (Wildman–Crippen MR) is 74.6 cm³/mol. The van der Waals surface area contributed by atoms with Crippen LogP contribution < -0.4 is 10.6 Å². The molecule has 1 fully saturated rings. The Morgan fingerprint density at radius 3 is 2.67 bits per heavy atom. The van der Waals surface area contributed by atoms with Crippen LogP contribution in [0.4, 0.5) is 10.1 Å². The molecule has 2 N–H and O–H groups in total. The molecule has 1 aromatic carbocycles. The van der Waals surface area contributed by atoms with E-state index in [4.69, 9.17) is 5.73 Å². The Hall–Kier alpha value is -1.09. The zero-order chi connectivity index (χ0) is 13.0. The van der Waals surface area contributed by atoms with Gasteiger partial charge in [0.2, 0.25) is 0 Å². The molecule has 1 aliphatic rings. The van der Waals surface area contributed by atoms with Crippen LogP contribution in [0.1, 0.15) is 44.1 Å². The molecule has 0 amide bonds. The summed E-state index contributed by atoms with van der Waals surface area (Å²) < 4.78 is 13.5. The smallest absolute Gasteiger partial charge is 0.123 e. The molecule has 1 heterocycles. The second kappa shape index (κ2) is 6.19. The van der Waals surface area contributed by atoms with Gasteiger partial charge in [0.15, 0.2) is 0 Å². The number of nitrogens with two attached hydrogens (primary N) is 1. The van der Waals surface area contributed by atoms with Gasteiger partial charge in [-0.25, -0.2) is 4.39 Å². The molecule has 100 valence electrons. The van der Waals surface area contributed by atoms with Gasteiger partial charge in [-0.3, -0.25) is 0 Å². The first-order valence-corrected chi connectivity index (χ1v) is 6.97. The third-order valence-electron chi connectivity index (χ3n) is 3.82. The van der Waals surface area contributed by atoms with E-state index in [0.717, 1.165) is 25.1 Å². The minimum atomic E-state index is -0.144. The molecule has 0 radical (unpaired) electrons. The van der Waals surface area contributed by atoms with E-state index in [-0.39, 0.29) is 5.82 Å². The molecular formula is C15H23FN2. The van der Waals surface area contributed by atoms with Gasteiger partial charge >= 0.3 is 0 Å². The van der Waals surface area contributed by atoms with Crippen LogP contribution in [0.15, 0.2) is 18.2 Å². The Morgan fingerprint density at radius 2 is 2.00 bits per heavy atom. The number of rotatable bonds is 4. The van der Waals surface area contributed by atoms with Crippen molar-refractivity contribution in [2.24, 2.45) is 5.73 Å². The van der Waals surface area contributed by atoms with Gasteiger partial charge in [0.05, 0.1) is 0 Å². The lowest BCUT2D eigenvalue weighted by Gasteiger charge is -2.32. The summed E-state index contributed by atoms with van der Waals surface area (Å²) in [6.45, 7) is 4.97. The molecule has 0 aliphatic carbocycles. The fourth-order valence-electron chi connectivity index (χ4n) is 2.75. The summed E-state index contributed by atoms with van der Waals surface area (Å²) in [5.41, 5.74) is 7.94. The number of anilines is 1. The molecule has 18 heavy (non-hydrogen) atoms. The summed E-state index contributed by atoms with van der Waals surface area (Å²) in [6, 6.07) is 5.19. The molecule has 1 saturated heterocycles. The Labute approximate surface area is 109 Å². The molecule has 1 atom stereocenters. The number of nitrogens with zero attached hydrogens (tertiary/aromatic N) is 1. The Bertz CT molecular complexity index is 386. The van der Waals surface area contributed by atoms with E-state index in [1.807, 2.05) is 6.07 Å². The van der Waals surface area contributed by atoms with E-state index in [9.17, 15) is 4.39 Å². The van der Waals surface area contributed by atoms with Crippen LogP contribution in [-0.2, 0) is 0 Å². The minimum absolute atomic E-state index is 0.144. The molecule has 1 unspecified atom stereocenters. The summed E-state index contributed by atoms with van der Waals surface area (Å²) in [4.78, 5) is 2.39. The van der Waals surface area contributed by atoms with Crippen molar-refractivity contribution >= 4 is 5.69 Å². The normalized spacial score (nSPS) is 17.8. The van der Waals surface area contributed by atoms with Crippen LogP contribution in [0.2, 0.25) is 0 Å². The molecule has 0 spiro atoms. The van der Waals surface area contributed by atoms with E-state index < -0.39 is 0 Å². The molecule has 0 bridgehead atoms. The standard InChI is InChI=1S/C15H23FN2/c1-12(7-8-17)14-11-13(16)5-6-15(14)18-9-3-2-4-10-18/h5-6,11-12H,2-4,7-10,17H2,1H3. The lowest BCUT2D eigenvalue weighted by Crippen LogP contribution is -2.30. The molecule has 0 saturated carbocycles. The summed E-state index contributed by atoms with van der Waals surface area (Å²) in [7, 11) is 0. The van der Waals surface area contributed by atoms with Crippen molar-refractivity contribution in [3.05, 3.63) is 29.6 Å². The van der Waals surface area contributed by atoms with E-state index in [1.54, 1.807) is 12.1 Å². The first kappa shape index (κ1) is 13.3. The topological polar surface area (TPSA) is 29.3 Å². The van der Waals surface area contributed by atoms with Crippen LogP contribution in [0.25, 0.3) is 0 Å². The van der Waals surface area contributed by atoms with Gasteiger partial charge in [-0.05, 0) is 61.9 Å². The van der Waals surface area contributed by atoms with Crippen molar-refractivity contribution < 1.29 is 4.39 Å². The van der Waals surface area contributed by atoms with Crippen molar-refractivity contribution in [2.45, 2.75) is 38.5 Å². The number of hydrogen-bond acceptors (Lipinski definition) is 2. The summed E-state index contributed by atoms with van der Waals surface area (Å²) >= 11 is 0. The van der Waals surface area contributed by atoms with Crippen LogP contribution in [0.3, 0.4) is 0 Å². The number of piperidine rings is 1. The summed E-state index contributed by atoms with van der Waals surface area (Å²) in [5, 5.41) is 0. The lowest BCUT2D eigenvalue weighted by atomic mass is 9.94. The highest BCUT2D eigenvalue weighted by Crippen LogP contribution is 2.31. The Morgan fingerprint density at radius 1 is 1.28 bits per heavy atom. The van der Waals surface area contributed by atoms with Gasteiger partial charge in [0.1, 0.15) is 5.82 Å². The fraction of sp³-hybridized carbons (Fsp3) is 0.600. The van der Waals surface area contributed by atoms with Crippen LogP contribution in [0, 0.1) is 5.82 Å². The second-order valence-electron chi connectivity index (χ2n) is 5.23. The van der Waals surface area contributed by atoms with Crippen molar-refractivity contribution in [3.63, 3.8) is 0 Å². The van der Waals surface area contributed by atoms with Crippen molar-refractivity contribution in [3.8, 4) is 0 Å². The van der Waals surface area contributed by atoms with E-state index >= 15 is 0 Å². The predicted octanol–water partition coefficient (Wildman–Crippen LogP) is 3.27. The van der Waals surface area contributed by atoms with Gasteiger partial charge in [-0.15, -0.1) is 0 Å². The number of halogens is 1. The number of benzene rings is 1. The first-order chi connectivity index (χ1) is 8.72. The summed E-state index contributed by atoms with van der Waals surface area (Å²) in [5.74, 6) is 0.178. The molecule has 2 rings (SSSR count).